The molecule has 2 aromatic heterocycles. The van der Waals surface area contributed by atoms with E-state index in [1.54, 1.807) is 11.3 Å². The highest BCUT2D eigenvalue weighted by molar-refractivity contribution is 7.21. The summed E-state index contributed by atoms with van der Waals surface area (Å²) < 4.78 is 7.05. The van der Waals surface area contributed by atoms with Gasteiger partial charge in [0.2, 0.25) is 5.91 Å². The Bertz CT molecular complexity index is 1180. The molecule has 1 amide bonds. The summed E-state index contributed by atoms with van der Waals surface area (Å²) in [6.07, 6.45) is 5.85. The molecule has 5 rings (SSSR count). The Morgan fingerprint density at radius 2 is 1.74 bits per heavy atom. The van der Waals surface area contributed by atoms with Gasteiger partial charge in [0.15, 0.2) is 0 Å². The van der Waals surface area contributed by atoms with E-state index in [0.717, 1.165) is 67.6 Å². The van der Waals surface area contributed by atoms with Gasteiger partial charge in [-0.05, 0) is 63.4 Å². The van der Waals surface area contributed by atoms with Gasteiger partial charge in [0.1, 0.15) is 10.8 Å². The highest BCUT2D eigenvalue weighted by Crippen LogP contribution is 2.33. The first-order valence-corrected chi connectivity index (χ1v) is 15.0. The van der Waals surface area contributed by atoms with E-state index >= 15 is 0 Å². The highest BCUT2D eigenvalue weighted by Gasteiger charge is 2.28. The number of anilines is 2. The van der Waals surface area contributed by atoms with Gasteiger partial charge in [0.05, 0.1) is 22.2 Å². The molecule has 3 aromatic rings. The summed E-state index contributed by atoms with van der Waals surface area (Å²) >= 11 is 1.72. The zero-order valence-electron chi connectivity index (χ0n) is 23.7. The first kappa shape index (κ1) is 28.3. The van der Waals surface area contributed by atoms with Gasteiger partial charge in [0, 0.05) is 63.3 Å². The maximum Gasteiger partial charge on any atom is 0.225 e. The zero-order chi connectivity index (χ0) is 27.1. The molecule has 38 heavy (non-hydrogen) atoms. The van der Waals surface area contributed by atoms with E-state index in [0.29, 0.717) is 13.0 Å². The van der Waals surface area contributed by atoms with Crippen LogP contribution in [0.15, 0.2) is 36.5 Å². The monoisotopic (exact) mass is 537 g/mol. The maximum absolute atomic E-state index is 12.8. The van der Waals surface area contributed by atoms with Crippen molar-refractivity contribution in [3.63, 3.8) is 0 Å². The van der Waals surface area contributed by atoms with Gasteiger partial charge in [-0.2, -0.15) is 0 Å². The molecule has 0 unspecified atom stereocenters. The number of fused-ring (bicyclic) bond motifs is 1. The van der Waals surface area contributed by atoms with Crippen LogP contribution in [-0.2, 0) is 9.53 Å². The van der Waals surface area contributed by atoms with Crippen LogP contribution in [0.1, 0.15) is 60.3 Å². The number of hydrogen-bond acceptors (Lipinski definition) is 7. The van der Waals surface area contributed by atoms with Crippen LogP contribution in [0.25, 0.3) is 20.8 Å². The van der Waals surface area contributed by atoms with E-state index in [1.807, 2.05) is 38.8 Å². The Hall–Kier alpha value is -2.71. The van der Waals surface area contributed by atoms with Crippen LogP contribution in [0.4, 0.5) is 11.5 Å². The normalized spacial score (nSPS) is 16.1. The van der Waals surface area contributed by atoms with Gasteiger partial charge in [-0.3, -0.25) is 4.79 Å². The molecular formula is C30H43N5O2S. The summed E-state index contributed by atoms with van der Waals surface area (Å²) in [7, 11) is 0. The predicted octanol–water partition coefficient (Wildman–Crippen LogP) is 6.23. The average Bonchev–Trinajstić information content (AvgIpc) is 3.63. The van der Waals surface area contributed by atoms with Crippen molar-refractivity contribution < 1.29 is 9.53 Å². The molecule has 0 radical (unpaired) electrons. The number of aromatic nitrogens is 2. The van der Waals surface area contributed by atoms with E-state index in [4.69, 9.17) is 14.7 Å². The molecule has 2 saturated heterocycles. The summed E-state index contributed by atoms with van der Waals surface area (Å²) in [6, 6.07) is 10.8. The predicted molar refractivity (Wildman–Crippen MR) is 159 cm³/mol. The van der Waals surface area contributed by atoms with Crippen molar-refractivity contribution in [2.45, 2.75) is 65.9 Å². The highest BCUT2D eigenvalue weighted by atomic mass is 32.1. The van der Waals surface area contributed by atoms with Crippen molar-refractivity contribution in [1.29, 1.82) is 0 Å². The molecule has 4 heterocycles. The minimum Gasteiger partial charge on any atom is -0.375 e. The van der Waals surface area contributed by atoms with Gasteiger partial charge >= 0.3 is 0 Å². The smallest absolute Gasteiger partial charge is 0.225 e. The van der Waals surface area contributed by atoms with Gasteiger partial charge in [0.25, 0.3) is 0 Å². The number of pyridine rings is 1. The number of carbonyl (C=O) groups is 1. The molecule has 0 saturated carbocycles. The lowest BCUT2D eigenvalue weighted by atomic mass is 10.0. The van der Waals surface area contributed by atoms with Crippen LogP contribution < -0.4 is 9.80 Å². The number of rotatable bonds is 8. The fraction of sp³-hybridized carbons (Fsp3) is 0.567. The number of carbonyl (C=O) groups excluding carboxylic acids is 1. The number of amides is 1. The molecule has 2 aliphatic heterocycles. The Labute approximate surface area is 231 Å². The fourth-order valence-corrected chi connectivity index (χ4v) is 5.99. The molecule has 0 atom stereocenters. The summed E-state index contributed by atoms with van der Waals surface area (Å²) in [6.45, 7) is 16.1. The number of piperazine rings is 1. The van der Waals surface area contributed by atoms with Crippen LogP contribution >= 0.6 is 11.3 Å². The molecule has 0 N–H and O–H groups in total. The average molecular weight is 538 g/mol. The Morgan fingerprint density at radius 1 is 1.00 bits per heavy atom. The second-order valence-electron chi connectivity index (χ2n) is 10.4. The quantitative estimate of drug-likeness (QED) is 0.340. The molecule has 8 heteroatoms. The number of nitrogens with zero attached hydrogens (tertiary/aromatic N) is 5. The molecule has 0 aliphatic carbocycles. The van der Waals surface area contributed by atoms with Crippen molar-refractivity contribution in [2.75, 3.05) is 55.7 Å². The lowest BCUT2D eigenvalue weighted by Crippen LogP contribution is -2.50. The number of ether oxygens (including phenoxy) is 1. The van der Waals surface area contributed by atoms with Crippen molar-refractivity contribution in [3.05, 3.63) is 36.5 Å². The Kier molecular flexibility index (Phi) is 9.60. The number of hydrogen-bond donors (Lipinski definition) is 0. The lowest BCUT2D eigenvalue weighted by molar-refractivity contribution is -0.138. The Morgan fingerprint density at radius 3 is 2.39 bits per heavy atom. The third-order valence-corrected chi connectivity index (χ3v) is 8.14. The molecule has 1 aromatic carbocycles. The topological polar surface area (TPSA) is 61.8 Å². The van der Waals surface area contributed by atoms with Crippen LogP contribution in [-0.4, -0.2) is 72.3 Å². The van der Waals surface area contributed by atoms with E-state index in [1.165, 1.54) is 23.2 Å². The van der Waals surface area contributed by atoms with E-state index in [-0.39, 0.29) is 5.91 Å². The van der Waals surface area contributed by atoms with E-state index in [9.17, 15) is 4.79 Å². The van der Waals surface area contributed by atoms with Crippen molar-refractivity contribution in [1.82, 2.24) is 14.9 Å². The molecule has 0 bridgehead atoms. The van der Waals surface area contributed by atoms with Crippen molar-refractivity contribution in [3.8, 4) is 10.6 Å². The largest absolute Gasteiger partial charge is 0.375 e. The lowest BCUT2D eigenvalue weighted by Gasteiger charge is -2.37. The number of thiazole rings is 1. The van der Waals surface area contributed by atoms with Gasteiger partial charge in [-0.15, -0.1) is 11.3 Å². The fourth-order valence-electron chi connectivity index (χ4n) is 5.00. The van der Waals surface area contributed by atoms with E-state index < -0.39 is 5.60 Å². The first-order chi connectivity index (χ1) is 18.4. The third-order valence-electron chi connectivity index (χ3n) is 7.07. The molecule has 2 aliphatic rings. The second-order valence-corrected chi connectivity index (χ2v) is 11.5. The minimum atomic E-state index is -0.414. The molecule has 0 spiro atoms. The van der Waals surface area contributed by atoms with Crippen LogP contribution in [0.5, 0.6) is 0 Å². The minimum absolute atomic E-state index is 0.183. The van der Waals surface area contributed by atoms with Crippen molar-refractivity contribution >= 4 is 39.0 Å². The van der Waals surface area contributed by atoms with Crippen LogP contribution in [0.3, 0.4) is 0 Å². The van der Waals surface area contributed by atoms with Gasteiger partial charge in [-0.25, -0.2) is 9.97 Å². The molecule has 7 nitrogen and oxygen atoms in total. The molecular weight excluding hydrogens is 494 g/mol. The zero-order valence-corrected chi connectivity index (χ0v) is 24.5. The maximum atomic E-state index is 12.8. The number of benzene rings is 1. The summed E-state index contributed by atoms with van der Waals surface area (Å²) in [5.74, 6) is 1.25. The molecule has 206 valence electrons. The summed E-state index contributed by atoms with van der Waals surface area (Å²) in [4.78, 5) is 29.1. The van der Waals surface area contributed by atoms with Crippen LogP contribution in [0.2, 0.25) is 0 Å². The SMILES string of the molecule is CC.CCCOC(C)(C)CC(=O)N1CCN(c2ccc3nc(-c4ccc(N5CCCC5)nc4)sc3c2)CC1. The summed E-state index contributed by atoms with van der Waals surface area (Å²) in [5, 5.41) is 1.01. The van der Waals surface area contributed by atoms with Crippen molar-refractivity contribution in [2.24, 2.45) is 0 Å². The van der Waals surface area contributed by atoms with Gasteiger partial charge < -0.3 is 19.4 Å². The van der Waals surface area contributed by atoms with Crippen LogP contribution in [0, 0.1) is 0 Å². The van der Waals surface area contributed by atoms with Gasteiger partial charge in [-0.1, -0.05) is 20.8 Å². The molecule has 2 fully saturated rings. The standard InChI is InChI=1S/C28H37N5O2S.C2H6/c1-4-17-35-28(2,3)19-26(34)33-15-13-31(14-16-33)22-8-9-23-24(18-22)36-27(30-23)21-7-10-25(29-20-21)32-11-5-6-12-32;1-2/h7-10,18,20H,4-6,11-17,19H2,1-3H3;1-2H3. The third kappa shape index (κ3) is 6.83. The second kappa shape index (κ2) is 12.9. The summed E-state index contributed by atoms with van der Waals surface area (Å²) in [5.41, 5.74) is 2.87. The van der Waals surface area contributed by atoms with E-state index in [2.05, 4.69) is 47.1 Å². The first-order valence-electron chi connectivity index (χ1n) is 14.2. The Balaban J connectivity index is 0.00000164.